The van der Waals surface area contributed by atoms with Crippen LogP contribution in [0, 0.1) is 11.6 Å². The summed E-state index contributed by atoms with van der Waals surface area (Å²) < 4.78 is 27.4. The number of hydrogen-bond acceptors (Lipinski definition) is 5. The van der Waals surface area contributed by atoms with Crippen molar-refractivity contribution < 1.29 is 8.78 Å². The topological polar surface area (TPSA) is 53.9 Å². The minimum atomic E-state index is -0.425. The van der Waals surface area contributed by atoms with E-state index in [-0.39, 0.29) is 0 Å². The number of pyridine rings is 1. The number of benzene rings is 1. The third-order valence-electron chi connectivity index (χ3n) is 5.39. The number of halogens is 2. The first-order valence-electron chi connectivity index (χ1n) is 9.93. The number of nitrogens with one attached hydrogen (secondary N) is 1. The van der Waals surface area contributed by atoms with Gasteiger partial charge in [0.05, 0.1) is 11.7 Å². The number of rotatable bonds is 4. The molecule has 0 bridgehead atoms. The fourth-order valence-electron chi connectivity index (χ4n) is 3.63. The number of aromatic nitrogens is 3. The van der Waals surface area contributed by atoms with E-state index in [9.17, 15) is 8.78 Å². The molecule has 0 unspecified atom stereocenters. The summed E-state index contributed by atoms with van der Waals surface area (Å²) in [5.41, 5.74) is 3.01. The van der Waals surface area contributed by atoms with Crippen molar-refractivity contribution in [3.8, 4) is 0 Å². The fourth-order valence-corrected chi connectivity index (χ4v) is 3.63. The summed E-state index contributed by atoms with van der Waals surface area (Å²) in [6.45, 7) is 1.51. The van der Waals surface area contributed by atoms with E-state index in [2.05, 4.69) is 15.2 Å². The average molecular weight is 393 g/mol. The second-order valence-corrected chi connectivity index (χ2v) is 7.63. The Kier molecular flexibility index (Phi) is 4.58. The van der Waals surface area contributed by atoms with E-state index in [0.717, 1.165) is 73.1 Å². The molecule has 1 saturated heterocycles. The maximum Gasteiger partial charge on any atom is 0.172 e. The van der Waals surface area contributed by atoms with Crippen molar-refractivity contribution in [3.05, 3.63) is 59.4 Å². The molecule has 7 heteroatoms. The first-order chi connectivity index (χ1) is 14.2. The molecule has 2 fully saturated rings. The predicted octanol–water partition coefficient (Wildman–Crippen LogP) is 4.56. The highest BCUT2D eigenvalue weighted by atomic mass is 19.1. The van der Waals surface area contributed by atoms with Crippen LogP contribution in [0.1, 0.15) is 31.2 Å². The van der Waals surface area contributed by atoms with Crippen molar-refractivity contribution >= 4 is 28.7 Å². The third-order valence-corrected chi connectivity index (χ3v) is 5.39. The van der Waals surface area contributed by atoms with Crippen LogP contribution in [0.15, 0.2) is 42.2 Å². The molecule has 1 saturated carbocycles. The fraction of sp³-hybridized carbons (Fsp3) is 0.318. The van der Waals surface area contributed by atoms with E-state index in [1.165, 1.54) is 12.1 Å². The maximum absolute atomic E-state index is 13.9. The molecular weight excluding hydrogens is 372 g/mol. The van der Waals surface area contributed by atoms with Gasteiger partial charge in [-0.05, 0) is 49.9 Å². The molecule has 5 rings (SSSR count). The predicted molar refractivity (Wildman–Crippen MR) is 110 cm³/mol. The molecule has 3 heterocycles. The Morgan fingerprint density at radius 1 is 1.03 bits per heavy atom. The molecule has 0 radical (unpaired) electrons. The Hall–Kier alpha value is -3.09. The minimum absolute atomic E-state index is 0.307. The van der Waals surface area contributed by atoms with E-state index >= 15 is 0 Å². The molecule has 1 aliphatic carbocycles. The number of piperidine rings is 1. The maximum atomic E-state index is 13.9. The monoisotopic (exact) mass is 393 g/mol. The largest absolute Gasteiger partial charge is 0.364 e. The highest BCUT2D eigenvalue weighted by Crippen LogP contribution is 2.33. The van der Waals surface area contributed by atoms with Gasteiger partial charge in [0.2, 0.25) is 0 Å². The van der Waals surface area contributed by atoms with Gasteiger partial charge in [0.25, 0.3) is 0 Å². The summed E-state index contributed by atoms with van der Waals surface area (Å²) >= 11 is 0. The van der Waals surface area contributed by atoms with Crippen LogP contribution in [-0.2, 0) is 0 Å². The molecule has 1 N–H and O–H groups in total. The van der Waals surface area contributed by atoms with E-state index < -0.39 is 11.6 Å². The Labute approximate surface area is 167 Å². The zero-order valence-corrected chi connectivity index (χ0v) is 15.9. The molecule has 0 atom stereocenters. The summed E-state index contributed by atoms with van der Waals surface area (Å²) in [7, 11) is 0. The van der Waals surface area contributed by atoms with Crippen LogP contribution in [0.3, 0.4) is 0 Å². The summed E-state index contributed by atoms with van der Waals surface area (Å²) in [5.74, 6) is 0.833. The van der Waals surface area contributed by atoms with Crippen molar-refractivity contribution in [2.75, 3.05) is 23.3 Å². The first kappa shape index (κ1) is 18.0. The van der Waals surface area contributed by atoms with Gasteiger partial charge in [0.1, 0.15) is 17.2 Å². The number of nitrogens with zero attached hydrogens (tertiary/aromatic N) is 4. The first-order valence-corrected chi connectivity index (χ1v) is 9.93. The van der Waals surface area contributed by atoms with Crippen molar-refractivity contribution in [2.24, 2.45) is 0 Å². The Morgan fingerprint density at radius 3 is 2.66 bits per heavy atom. The van der Waals surface area contributed by atoms with Gasteiger partial charge in [0.15, 0.2) is 11.6 Å². The SMILES string of the molecule is Fc1ccc(F)c(C=C2CCN(c3nc4cnccc4nc3NC3CC3)CC2)c1. The summed E-state index contributed by atoms with van der Waals surface area (Å²) in [4.78, 5) is 16.0. The van der Waals surface area contributed by atoms with Crippen molar-refractivity contribution in [2.45, 2.75) is 31.7 Å². The summed E-state index contributed by atoms with van der Waals surface area (Å²) in [5, 5.41) is 3.50. The van der Waals surface area contributed by atoms with Gasteiger partial charge >= 0.3 is 0 Å². The third kappa shape index (κ3) is 3.90. The Balaban J connectivity index is 1.39. The molecule has 0 amide bonds. The number of fused-ring (bicyclic) bond motifs is 1. The zero-order chi connectivity index (χ0) is 19.8. The van der Waals surface area contributed by atoms with Gasteiger partial charge < -0.3 is 10.2 Å². The summed E-state index contributed by atoms with van der Waals surface area (Å²) in [6.07, 6.45) is 9.07. The van der Waals surface area contributed by atoms with E-state index in [4.69, 9.17) is 9.97 Å². The standard InChI is InChI=1S/C22H21F2N5/c23-16-1-4-18(24)15(12-16)11-14-6-9-29(10-7-14)22-21(26-17-2-3-17)27-19-5-8-25-13-20(19)28-22/h1,4-5,8,11-13,17H,2-3,6-7,9-10H2,(H,26,27). The smallest absolute Gasteiger partial charge is 0.172 e. The average Bonchev–Trinajstić information content (AvgIpc) is 3.55. The lowest BCUT2D eigenvalue weighted by Crippen LogP contribution is -2.32. The van der Waals surface area contributed by atoms with Crippen LogP contribution < -0.4 is 10.2 Å². The molecule has 5 nitrogen and oxygen atoms in total. The zero-order valence-electron chi connectivity index (χ0n) is 15.9. The minimum Gasteiger partial charge on any atom is -0.364 e. The lowest BCUT2D eigenvalue weighted by atomic mass is 10.0. The lowest BCUT2D eigenvalue weighted by Gasteiger charge is -2.31. The van der Waals surface area contributed by atoms with Crippen molar-refractivity contribution in [3.63, 3.8) is 0 Å². The Morgan fingerprint density at radius 2 is 1.86 bits per heavy atom. The molecule has 0 spiro atoms. The molecule has 1 aliphatic heterocycles. The van der Waals surface area contributed by atoms with E-state index in [1.54, 1.807) is 18.5 Å². The highest BCUT2D eigenvalue weighted by Gasteiger charge is 2.26. The number of hydrogen-bond donors (Lipinski definition) is 1. The van der Waals surface area contributed by atoms with Crippen LogP contribution in [0.5, 0.6) is 0 Å². The van der Waals surface area contributed by atoms with Crippen LogP contribution in [-0.4, -0.2) is 34.1 Å². The van der Waals surface area contributed by atoms with Crippen LogP contribution in [0.4, 0.5) is 20.4 Å². The van der Waals surface area contributed by atoms with Crippen LogP contribution in [0.2, 0.25) is 0 Å². The second-order valence-electron chi connectivity index (χ2n) is 7.63. The molecule has 1 aromatic carbocycles. The normalized spacial score (nSPS) is 16.9. The van der Waals surface area contributed by atoms with Gasteiger partial charge in [-0.25, -0.2) is 18.7 Å². The van der Waals surface area contributed by atoms with E-state index in [1.807, 2.05) is 6.07 Å². The van der Waals surface area contributed by atoms with Gasteiger partial charge in [-0.2, -0.15) is 0 Å². The van der Waals surface area contributed by atoms with Gasteiger partial charge in [-0.1, -0.05) is 11.6 Å². The van der Waals surface area contributed by atoms with Crippen LogP contribution >= 0.6 is 0 Å². The van der Waals surface area contributed by atoms with Crippen LogP contribution in [0.25, 0.3) is 17.1 Å². The summed E-state index contributed by atoms with van der Waals surface area (Å²) in [6, 6.07) is 5.90. The molecule has 29 heavy (non-hydrogen) atoms. The quantitative estimate of drug-likeness (QED) is 0.704. The van der Waals surface area contributed by atoms with Gasteiger partial charge in [-0.15, -0.1) is 0 Å². The molecule has 2 aromatic heterocycles. The van der Waals surface area contributed by atoms with Gasteiger partial charge in [0, 0.05) is 30.9 Å². The molecule has 148 valence electrons. The number of anilines is 2. The highest BCUT2D eigenvalue weighted by molar-refractivity contribution is 5.80. The van der Waals surface area contributed by atoms with E-state index in [0.29, 0.717) is 11.6 Å². The van der Waals surface area contributed by atoms with Gasteiger partial charge in [-0.3, -0.25) is 4.98 Å². The second kappa shape index (κ2) is 7.39. The lowest BCUT2D eigenvalue weighted by molar-refractivity contribution is 0.597. The van der Waals surface area contributed by atoms with Crippen molar-refractivity contribution in [1.82, 2.24) is 15.0 Å². The molecule has 3 aromatic rings. The molecule has 2 aliphatic rings. The Bertz CT molecular complexity index is 1080. The van der Waals surface area contributed by atoms with Crippen molar-refractivity contribution in [1.29, 1.82) is 0 Å². The molecular formula is C22H21F2N5.